The van der Waals surface area contributed by atoms with E-state index in [1.807, 2.05) is 75.6 Å². The molecule has 0 atom stereocenters. The molecule has 5 nitrogen and oxygen atoms in total. The first kappa shape index (κ1) is 29.6. The largest absolute Gasteiger partial charge is 0.465 e. The van der Waals surface area contributed by atoms with Gasteiger partial charge in [0, 0.05) is 11.8 Å². The third-order valence-electron chi connectivity index (χ3n) is 5.20. The van der Waals surface area contributed by atoms with Crippen molar-refractivity contribution < 1.29 is 14.3 Å². The Hall–Kier alpha value is -3.47. The van der Waals surface area contributed by atoms with Crippen LogP contribution in [0.1, 0.15) is 77.0 Å². The summed E-state index contributed by atoms with van der Waals surface area (Å²) in [5.41, 5.74) is 6.47. The molecule has 0 amide bonds. The molecule has 0 aliphatic rings. The van der Waals surface area contributed by atoms with Gasteiger partial charge >= 0.3 is 5.97 Å². The van der Waals surface area contributed by atoms with Crippen LogP contribution in [0.2, 0.25) is 0 Å². The molecule has 0 spiro atoms. The number of nitrogens with zero attached hydrogens (tertiary/aromatic N) is 2. The number of hydrogen-bond acceptors (Lipinski definition) is 4. The van der Waals surface area contributed by atoms with Crippen molar-refractivity contribution in [2.75, 3.05) is 7.11 Å². The van der Waals surface area contributed by atoms with Gasteiger partial charge in [-0.3, -0.25) is 4.79 Å². The van der Waals surface area contributed by atoms with Gasteiger partial charge < -0.3 is 9.14 Å². The number of carbonyl (C=O) groups excluding carboxylic acids is 2. The summed E-state index contributed by atoms with van der Waals surface area (Å²) in [6, 6.07) is 11.5. The van der Waals surface area contributed by atoms with Gasteiger partial charge in [-0.25, -0.2) is 9.78 Å². The molecule has 188 valence electrons. The van der Waals surface area contributed by atoms with Crippen LogP contribution in [0.15, 0.2) is 60.3 Å². The number of ether oxygens (including phenoxy) is 1. The van der Waals surface area contributed by atoms with Crippen LogP contribution in [-0.2, 0) is 16.0 Å². The van der Waals surface area contributed by atoms with Crippen molar-refractivity contribution in [3.63, 3.8) is 0 Å². The van der Waals surface area contributed by atoms with E-state index >= 15 is 0 Å². The number of imidazole rings is 1. The fourth-order valence-electron chi connectivity index (χ4n) is 3.60. The summed E-state index contributed by atoms with van der Waals surface area (Å²) in [5.74, 6) is -0.0316. The summed E-state index contributed by atoms with van der Waals surface area (Å²) in [7, 11) is 1.37. The third kappa shape index (κ3) is 7.01. The molecule has 0 fully saturated rings. The molecule has 2 heterocycles. The number of esters is 1. The quantitative estimate of drug-likeness (QED) is 0.153. The smallest absolute Gasteiger partial charge is 0.338 e. The second-order valence-electron chi connectivity index (χ2n) is 7.76. The summed E-state index contributed by atoms with van der Waals surface area (Å²) in [4.78, 5) is 28.5. The third-order valence-corrected chi connectivity index (χ3v) is 5.20. The van der Waals surface area contributed by atoms with Crippen molar-refractivity contribution in [3.8, 4) is 11.3 Å². The standard InChI is InChI=1S/C26H28N2O3.2C2H6/c1-6-23-25(27-24-15-19(26(30)31-5)13-14-28(23)24)22-10-8-7-9-21(22)20(18(4)16-29)12-11-17(2)3;2*1-2/h7-17H,6H2,1-5H3;2*1-2H3/b12-11-,20-18+;;. The summed E-state index contributed by atoms with van der Waals surface area (Å²) in [5, 5.41) is 0. The normalized spacial score (nSPS) is 11.4. The zero-order chi connectivity index (χ0) is 26.5. The van der Waals surface area contributed by atoms with Crippen LogP contribution in [0.25, 0.3) is 22.5 Å². The van der Waals surface area contributed by atoms with Gasteiger partial charge in [-0.2, -0.15) is 0 Å². The number of benzene rings is 1. The summed E-state index contributed by atoms with van der Waals surface area (Å²) in [6.45, 7) is 16.1. The lowest BCUT2D eigenvalue weighted by Crippen LogP contribution is -2.02. The van der Waals surface area contributed by atoms with E-state index < -0.39 is 5.97 Å². The average molecular weight is 477 g/mol. The average Bonchev–Trinajstić information content (AvgIpc) is 3.28. The fourth-order valence-corrected chi connectivity index (χ4v) is 3.60. The predicted octanol–water partition coefficient (Wildman–Crippen LogP) is 7.59. The highest BCUT2D eigenvalue weighted by Crippen LogP contribution is 2.34. The number of aromatic nitrogens is 2. The highest BCUT2D eigenvalue weighted by atomic mass is 16.5. The van der Waals surface area contributed by atoms with Gasteiger partial charge in [0.25, 0.3) is 0 Å². The van der Waals surface area contributed by atoms with Gasteiger partial charge in [0.2, 0.25) is 0 Å². The first-order valence-electron chi connectivity index (χ1n) is 12.4. The number of carbonyl (C=O) groups is 2. The number of rotatable bonds is 7. The fraction of sp³-hybridized carbons (Fsp3) is 0.367. The molecule has 35 heavy (non-hydrogen) atoms. The number of allylic oxidation sites excluding steroid dienone is 4. The molecule has 0 aliphatic heterocycles. The summed E-state index contributed by atoms with van der Waals surface area (Å²) >= 11 is 0. The Balaban J connectivity index is 0.00000145. The van der Waals surface area contributed by atoms with Gasteiger partial charge in [0.1, 0.15) is 11.9 Å². The second-order valence-corrected chi connectivity index (χ2v) is 7.76. The van der Waals surface area contributed by atoms with Gasteiger partial charge in [-0.05, 0) is 48.1 Å². The Morgan fingerprint density at radius 3 is 2.34 bits per heavy atom. The number of aryl methyl sites for hydroxylation is 1. The Morgan fingerprint density at radius 1 is 1.11 bits per heavy atom. The van der Waals surface area contributed by atoms with E-state index in [9.17, 15) is 9.59 Å². The molecule has 0 N–H and O–H groups in total. The molecule has 0 saturated heterocycles. The predicted molar refractivity (Wildman–Crippen MR) is 147 cm³/mol. The van der Waals surface area contributed by atoms with E-state index in [0.717, 1.165) is 40.8 Å². The van der Waals surface area contributed by atoms with Crippen molar-refractivity contribution in [3.05, 3.63) is 77.1 Å². The van der Waals surface area contributed by atoms with E-state index in [1.54, 1.807) is 12.1 Å². The van der Waals surface area contributed by atoms with Crippen LogP contribution in [0.4, 0.5) is 0 Å². The first-order valence-corrected chi connectivity index (χ1v) is 12.4. The van der Waals surface area contributed by atoms with E-state index in [1.165, 1.54) is 7.11 Å². The summed E-state index contributed by atoms with van der Waals surface area (Å²) in [6.07, 6.45) is 7.61. The second kappa shape index (κ2) is 14.7. The van der Waals surface area contributed by atoms with E-state index in [2.05, 4.69) is 26.8 Å². The molecular weight excluding hydrogens is 436 g/mol. The molecule has 2 aromatic heterocycles. The Kier molecular flexibility index (Phi) is 12.4. The monoisotopic (exact) mass is 476 g/mol. The van der Waals surface area contributed by atoms with Crippen molar-refractivity contribution in [1.82, 2.24) is 9.38 Å². The molecular formula is C30H40N2O3. The lowest BCUT2D eigenvalue weighted by molar-refractivity contribution is -0.104. The van der Waals surface area contributed by atoms with E-state index in [0.29, 0.717) is 22.7 Å². The minimum absolute atomic E-state index is 0.361. The molecule has 1 aromatic carbocycles. The van der Waals surface area contributed by atoms with Crippen molar-refractivity contribution >= 4 is 23.5 Å². The summed E-state index contributed by atoms with van der Waals surface area (Å²) < 4.78 is 6.84. The maximum Gasteiger partial charge on any atom is 0.338 e. The molecule has 3 aromatic rings. The topological polar surface area (TPSA) is 60.7 Å². The number of pyridine rings is 1. The minimum atomic E-state index is -0.392. The molecule has 5 heteroatoms. The number of methoxy groups -OCH3 is 1. The van der Waals surface area contributed by atoms with E-state index in [-0.39, 0.29) is 0 Å². The van der Waals surface area contributed by atoms with Crippen LogP contribution >= 0.6 is 0 Å². The molecule has 0 saturated carbocycles. The Morgan fingerprint density at radius 2 is 1.77 bits per heavy atom. The van der Waals surface area contributed by atoms with Crippen LogP contribution in [-0.4, -0.2) is 28.7 Å². The molecule has 0 aliphatic carbocycles. The highest BCUT2D eigenvalue weighted by molar-refractivity contribution is 5.96. The van der Waals surface area contributed by atoms with Crippen LogP contribution in [0, 0.1) is 5.92 Å². The lowest BCUT2D eigenvalue weighted by atomic mass is 9.92. The minimum Gasteiger partial charge on any atom is -0.465 e. The Labute approximate surface area is 210 Å². The molecule has 0 bridgehead atoms. The number of hydrogen-bond donors (Lipinski definition) is 0. The SMILES string of the molecule is CC.CC.CCc1c(-c2ccccc2C(/C=C\C(C)C)=C(\C)C=O)nc2cc(C(=O)OC)ccn12. The van der Waals surface area contributed by atoms with Gasteiger partial charge in [-0.1, -0.05) is 84.9 Å². The van der Waals surface area contributed by atoms with Crippen molar-refractivity contribution in [1.29, 1.82) is 0 Å². The van der Waals surface area contributed by atoms with Crippen molar-refractivity contribution in [2.45, 2.75) is 61.8 Å². The zero-order valence-electron chi connectivity index (χ0n) is 22.7. The highest BCUT2D eigenvalue weighted by Gasteiger charge is 2.18. The molecule has 0 radical (unpaired) electrons. The molecule has 0 unspecified atom stereocenters. The maximum absolute atomic E-state index is 12.0. The number of fused-ring (bicyclic) bond motifs is 1. The maximum atomic E-state index is 12.0. The zero-order valence-corrected chi connectivity index (χ0v) is 22.7. The van der Waals surface area contributed by atoms with Crippen molar-refractivity contribution in [2.24, 2.45) is 5.92 Å². The molecule has 3 rings (SSSR count). The lowest BCUT2D eigenvalue weighted by Gasteiger charge is -2.12. The Bertz CT molecular complexity index is 1180. The van der Waals surface area contributed by atoms with Crippen LogP contribution in [0.3, 0.4) is 0 Å². The van der Waals surface area contributed by atoms with Gasteiger partial charge in [0.15, 0.2) is 0 Å². The van der Waals surface area contributed by atoms with Crippen LogP contribution in [0.5, 0.6) is 0 Å². The van der Waals surface area contributed by atoms with E-state index in [4.69, 9.17) is 9.72 Å². The van der Waals surface area contributed by atoms with Gasteiger partial charge in [-0.15, -0.1) is 0 Å². The van der Waals surface area contributed by atoms with Crippen LogP contribution < -0.4 is 0 Å². The number of aldehydes is 1. The van der Waals surface area contributed by atoms with Gasteiger partial charge in [0.05, 0.1) is 24.1 Å². The first-order chi connectivity index (χ1) is 16.9.